The summed E-state index contributed by atoms with van der Waals surface area (Å²) < 4.78 is 0. The van der Waals surface area contributed by atoms with Gasteiger partial charge in [0.2, 0.25) is 5.91 Å². The van der Waals surface area contributed by atoms with Crippen LogP contribution in [0.3, 0.4) is 0 Å². The summed E-state index contributed by atoms with van der Waals surface area (Å²) in [5, 5.41) is 6.03. The number of carbonyl (C=O) groups is 2. The molecule has 0 radical (unpaired) electrons. The molecule has 2 saturated carbocycles. The van der Waals surface area contributed by atoms with Crippen LogP contribution in [-0.2, 0) is 4.79 Å². The molecule has 1 aromatic carbocycles. The summed E-state index contributed by atoms with van der Waals surface area (Å²) in [6.45, 7) is 0. The topological polar surface area (TPSA) is 58.2 Å². The first-order valence-corrected chi connectivity index (χ1v) is 8.44. The molecular formula is C18H24N2O2. The highest BCUT2D eigenvalue weighted by molar-refractivity contribution is 5.96. The minimum atomic E-state index is -0.00744. The summed E-state index contributed by atoms with van der Waals surface area (Å²) >= 11 is 0. The lowest BCUT2D eigenvalue weighted by atomic mass is 10.1. The Bertz CT molecular complexity index is 527. The Kier molecular flexibility index (Phi) is 4.76. The summed E-state index contributed by atoms with van der Waals surface area (Å²) in [7, 11) is 0. The molecule has 0 saturated heterocycles. The average molecular weight is 300 g/mol. The second kappa shape index (κ2) is 6.95. The van der Waals surface area contributed by atoms with Crippen LogP contribution < -0.4 is 10.6 Å². The van der Waals surface area contributed by atoms with Gasteiger partial charge in [0, 0.05) is 23.2 Å². The van der Waals surface area contributed by atoms with Crippen molar-refractivity contribution in [2.24, 2.45) is 5.92 Å². The van der Waals surface area contributed by atoms with Gasteiger partial charge in [-0.2, -0.15) is 0 Å². The number of hydrogen-bond acceptors (Lipinski definition) is 2. The molecule has 4 heteroatoms. The number of anilines is 1. The third-order valence-corrected chi connectivity index (χ3v) is 4.55. The molecule has 0 unspecified atom stereocenters. The highest BCUT2D eigenvalue weighted by atomic mass is 16.2. The minimum absolute atomic E-state index is 0.00744. The SMILES string of the molecule is O=C(NC1CCCCCC1)c1ccc(NC(=O)C2CC2)cc1. The Morgan fingerprint density at radius 2 is 1.50 bits per heavy atom. The quantitative estimate of drug-likeness (QED) is 0.836. The van der Waals surface area contributed by atoms with E-state index in [4.69, 9.17) is 0 Å². The van der Waals surface area contributed by atoms with Crippen LogP contribution >= 0.6 is 0 Å². The Hall–Kier alpha value is -1.84. The molecule has 0 aromatic heterocycles. The zero-order valence-electron chi connectivity index (χ0n) is 12.9. The van der Waals surface area contributed by atoms with Crippen LogP contribution in [0.4, 0.5) is 5.69 Å². The molecule has 0 heterocycles. The van der Waals surface area contributed by atoms with Gasteiger partial charge >= 0.3 is 0 Å². The van der Waals surface area contributed by atoms with Crippen LogP contribution in [-0.4, -0.2) is 17.9 Å². The van der Waals surface area contributed by atoms with Crippen molar-refractivity contribution in [1.29, 1.82) is 0 Å². The van der Waals surface area contributed by atoms with Gasteiger partial charge < -0.3 is 10.6 Å². The normalized spacial score (nSPS) is 19.3. The molecular weight excluding hydrogens is 276 g/mol. The van der Waals surface area contributed by atoms with Crippen molar-refractivity contribution in [1.82, 2.24) is 5.32 Å². The first-order valence-electron chi connectivity index (χ1n) is 8.44. The van der Waals surface area contributed by atoms with Crippen LogP contribution in [0.15, 0.2) is 24.3 Å². The number of benzene rings is 1. The molecule has 2 N–H and O–H groups in total. The lowest BCUT2D eigenvalue weighted by Crippen LogP contribution is -2.34. The van der Waals surface area contributed by atoms with Crippen molar-refractivity contribution >= 4 is 17.5 Å². The van der Waals surface area contributed by atoms with Gasteiger partial charge in [-0.15, -0.1) is 0 Å². The molecule has 0 atom stereocenters. The van der Waals surface area contributed by atoms with Crippen LogP contribution in [0.25, 0.3) is 0 Å². The van der Waals surface area contributed by atoms with Gasteiger partial charge in [0.05, 0.1) is 0 Å². The van der Waals surface area contributed by atoms with E-state index in [2.05, 4.69) is 10.6 Å². The summed E-state index contributed by atoms with van der Waals surface area (Å²) in [6, 6.07) is 7.50. The number of carbonyl (C=O) groups excluding carboxylic acids is 2. The zero-order valence-corrected chi connectivity index (χ0v) is 12.9. The van der Waals surface area contributed by atoms with Crippen molar-refractivity contribution in [3.63, 3.8) is 0 Å². The molecule has 3 rings (SSSR count). The minimum Gasteiger partial charge on any atom is -0.349 e. The maximum absolute atomic E-state index is 12.3. The summed E-state index contributed by atoms with van der Waals surface area (Å²) in [6.07, 6.45) is 9.13. The monoisotopic (exact) mass is 300 g/mol. The fourth-order valence-corrected chi connectivity index (χ4v) is 2.99. The van der Waals surface area contributed by atoms with Crippen LogP contribution in [0.1, 0.15) is 61.7 Å². The van der Waals surface area contributed by atoms with Crippen molar-refractivity contribution in [2.45, 2.75) is 57.4 Å². The Morgan fingerprint density at radius 3 is 2.09 bits per heavy atom. The zero-order chi connectivity index (χ0) is 15.4. The van der Waals surface area contributed by atoms with Crippen molar-refractivity contribution in [3.8, 4) is 0 Å². The fraction of sp³-hybridized carbons (Fsp3) is 0.556. The third-order valence-electron chi connectivity index (χ3n) is 4.55. The lowest BCUT2D eigenvalue weighted by Gasteiger charge is -2.16. The largest absolute Gasteiger partial charge is 0.349 e. The molecule has 0 bridgehead atoms. The molecule has 1 aromatic rings. The smallest absolute Gasteiger partial charge is 0.251 e. The molecule has 2 aliphatic rings. The van der Waals surface area contributed by atoms with Crippen molar-refractivity contribution in [3.05, 3.63) is 29.8 Å². The third kappa shape index (κ3) is 4.09. The summed E-state index contributed by atoms with van der Waals surface area (Å²) in [5.41, 5.74) is 1.43. The highest BCUT2D eigenvalue weighted by Gasteiger charge is 2.29. The van der Waals surface area contributed by atoms with E-state index in [0.717, 1.165) is 31.4 Å². The van der Waals surface area contributed by atoms with E-state index >= 15 is 0 Å². The van der Waals surface area contributed by atoms with Crippen molar-refractivity contribution < 1.29 is 9.59 Å². The van der Waals surface area contributed by atoms with Crippen LogP contribution in [0.2, 0.25) is 0 Å². The van der Waals surface area contributed by atoms with Gasteiger partial charge in [-0.1, -0.05) is 25.7 Å². The van der Waals surface area contributed by atoms with E-state index in [1.807, 2.05) is 12.1 Å². The maximum atomic E-state index is 12.3. The Balaban J connectivity index is 1.54. The number of rotatable bonds is 4. The summed E-state index contributed by atoms with van der Waals surface area (Å²) in [5.74, 6) is 0.279. The first-order chi connectivity index (χ1) is 10.7. The van der Waals surface area contributed by atoms with E-state index in [9.17, 15) is 9.59 Å². The predicted molar refractivity (Wildman–Crippen MR) is 86.8 cm³/mol. The number of hydrogen-bond donors (Lipinski definition) is 2. The molecule has 118 valence electrons. The van der Waals surface area contributed by atoms with Gasteiger partial charge in [0.25, 0.3) is 5.91 Å². The van der Waals surface area contributed by atoms with E-state index in [1.54, 1.807) is 12.1 Å². The first kappa shape index (κ1) is 15.1. The average Bonchev–Trinajstić information content (AvgIpc) is 3.36. The predicted octanol–water partition coefficient (Wildman–Crippen LogP) is 3.49. The fourth-order valence-electron chi connectivity index (χ4n) is 2.99. The van der Waals surface area contributed by atoms with E-state index in [1.165, 1.54) is 25.7 Å². The number of nitrogens with one attached hydrogen (secondary N) is 2. The van der Waals surface area contributed by atoms with Crippen LogP contribution in [0, 0.1) is 5.92 Å². The summed E-state index contributed by atoms with van der Waals surface area (Å²) in [4.78, 5) is 24.0. The van der Waals surface area contributed by atoms with E-state index in [-0.39, 0.29) is 17.7 Å². The second-order valence-corrected chi connectivity index (χ2v) is 6.50. The van der Waals surface area contributed by atoms with Gasteiger partial charge in [0.1, 0.15) is 0 Å². The Morgan fingerprint density at radius 1 is 0.864 bits per heavy atom. The van der Waals surface area contributed by atoms with E-state index < -0.39 is 0 Å². The molecule has 4 nitrogen and oxygen atoms in total. The van der Waals surface area contributed by atoms with Crippen LogP contribution in [0.5, 0.6) is 0 Å². The Labute approximate surface area is 131 Å². The molecule has 2 amide bonds. The molecule has 2 fully saturated rings. The lowest BCUT2D eigenvalue weighted by molar-refractivity contribution is -0.117. The molecule has 0 aliphatic heterocycles. The van der Waals surface area contributed by atoms with Crippen molar-refractivity contribution in [2.75, 3.05) is 5.32 Å². The second-order valence-electron chi connectivity index (χ2n) is 6.50. The molecule has 2 aliphatic carbocycles. The van der Waals surface area contributed by atoms with Gasteiger partial charge in [-0.25, -0.2) is 0 Å². The molecule has 0 spiro atoms. The standard InChI is InChI=1S/C18H24N2O2/c21-17(13-7-8-13)20-16-11-9-14(10-12-16)18(22)19-15-5-3-1-2-4-6-15/h9-13,15H,1-8H2,(H,19,22)(H,20,21). The highest BCUT2D eigenvalue weighted by Crippen LogP contribution is 2.30. The van der Waals surface area contributed by atoms with Gasteiger partial charge in [-0.05, 0) is 49.9 Å². The van der Waals surface area contributed by atoms with E-state index in [0.29, 0.717) is 11.6 Å². The molecule has 22 heavy (non-hydrogen) atoms. The van der Waals surface area contributed by atoms with Gasteiger partial charge in [0.15, 0.2) is 0 Å². The number of amides is 2. The van der Waals surface area contributed by atoms with Gasteiger partial charge in [-0.3, -0.25) is 9.59 Å². The maximum Gasteiger partial charge on any atom is 0.251 e.